The summed E-state index contributed by atoms with van der Waals surface area (Å²) < 4.78 is 32.3. The molecule has 0 bridgehead atoms. The minimum Gasteiger partial charge on any atom is -0.469 e. The number of nitrogens with zero attached hydrogens (tertiary/aromatic N) is 3. The molecule has 0 spiro atoms. The zero-order valence-electron chi connectivity index (χ0n) is 15.4. The number of aryl methyl sites for hydroxylation is 2. The highest BCUT2D eigenvalue weighted by Crippen LogP contribution is 2.25. The number of carbonyl (C=O) groups excluding carboxylic acids is 1. The van der Waals surface area contributed by atoms with Gasteiger partial charge in [0.1, 0.15) is 5.76 Å². The average Bonchev–Trinajstić information content (AvgIpc) is 3.20. The highest BCUT2D eigenvalue weighted by atomic mass is 32.2. The molecule has 0 radical (unpaired) electrons. The van der Waals surface area contributed by atoms with E-state index in [0.29, 0.717) is 18.4 Å². The molecule has 1 aliphatic rings. The highest BCUT2D eigenvalue weighted by Gasteiger charge is 2.32. The smallest absolute Gasteiger partial charge is 0.270 e. The molecule has 1 fully saturated rings. The standard InChI is InChI=1S/C18H21N3O6S/c1-14-4-5-15(21(23)24)13-17(14)28(25,26)20-10-8-19(9-11-20)18(22)7-6-16-3-2-12-27-16/h2-5,12-13H,6-11H2,1H3. The Bertz CT molecular complexity index is 963. The second-order valence-corrected chi connectivity index (χ2v) is 8.48. The van der Waals surface area contributed by atoms with E-state index in [2.05, 4.69) is 0 Å². The van der Waals surface area contributed by atoms with E-state index in [1.807, 2.05) is 0 Å². The second kappa shape index (κ2) is 8.11. The minimum atomic E-state index is -3.87. The Kier molecular flexibility index (Phi) is 5.80. The van der Waals surface area contributed by atoms with E-state index in [0.717, 1.165) is 11.8 Å². The lowest BCUT2D eigenvalue weighted by molar-refractivity contribution is -0.385. The van der Waals surface area contributed by atoms with Gasteiger partial charge in [0.15, 0.2) is 0 Å². The first-order valence-electron chi connectivity index (χ1n) is 8.84. The maximum Gasteiger partial charge on any atom is 0.270 e. The Labute approximate surface area is 162 Å². The summed E-state index contributed by atoms with van der Waals surface area (Å²) in [5, 5.41) is 11.0. The van der Waals surface area contributed by atoms with Crippen LogP contribution in [-0.2, 0) is 21.2 Å². The van der Waals surface area contributed by atoms with Gasteiger partial charge < -0.3 is 9.32 Å². The van der Waals surface area contributed by atoms with Crippen LogP contribution in [0.25, 0.3) is 0 Å². The van der Waals surface area contributed by atoms with Crippen LogP contribution in [0.2, 0.25) is 0 Å². The van der Waals surface area contributed by atoms with Crippen molar-refractivity contribution in [1.29, 1.82) is 0 Å². The maximum absolute atomic E-state index is 12.9. The van der Waals surface area contributed by atoms with Gasteiger partial charge in [-0.3, -0.25) is 14.9 Å². The van der Waals surface area contributed by atoms with Gasteiger partial charge in [-0.1, -0.05) is 6.07 Å². The average molecular weight is 407 g/mol. The molecule has 0 saturated carbocycles. The number of sulfonamides is 1. The van der Waals surface area contributed by atoms with Crippen LogP contribution in [0.15, 0.2) is 45.9 Å². The third kappa shape index (κ3) is 4.23. The number of nitro benzene ring substituents is 1. The van der Waals surface area contributed by atoms with Crippen LogP contribution in [0.1, 0.15) is 17.7 Å². The van der Waals surface area contributed by atoms with Gasteiger partial charge in [0.2, 0.25) is 15.9 Å². The first kappa shape index (κ1) is 20.0. The topological polar surface area (TPSA) is 114 Å². The Hall–Kier alpha value is -2.72. The van der Waals surface area contributed by atoms with E-state index >= 15 is 0 Å². The molecule has 0 aliphatic carbocycles. The number of hydrogen-bond donors (Lipinski definition) is 0. The largest absolute Gasteiger partial charge is 0.469 e. The normalized spacial score (nSPS) is 15.5. The summed E-state index contributed by atoms with van der Waals surface area (Å²) in [6.45, 7) is 2.47. The van der Waals surface area contributed by atoms with Crippen LogP contribution in [0.5, 0.6) is 0 Å². The Morgan fingerprint density at radius 2 is 1.93 bits per heavy atom. The number of benzene rings is 1. The monoisotopic (exact) mass is 407 g/mol. The molecular formula is C18H21N3O6S. The third-order valence-corrected chi connectivity index (χ3v) is 6.80. The fourth-order valence-electron chi connectivity index (χ4n) is 3.14. The number of amides is 1. The van der Waals surface area contributed by atoms with Gasteiger partial charge in [0.05, 0.1) is 16.1 Å². The lowest BCUT2D eigenvalue weighted by Crippen LogP contribution is -2.50. The maximum atomic E-state index is 12.9. The number of carbonyl (C=O) groups is 1. The lowest BCUT2D eigenvalue weighted by Gasteiger charge is -2.34. The van der Waals surface area contributed by atoms with E-state index in [4.69, 9.17) is 4.42 Å². The Balaban J connectivity index is 1.64. The van der Waals surface area contributed by atoms with Gasteiger partial charge in [-0.25, -0.2) is 8.42 Å². The predicted molar refractivity (Wildman–Crippen MR) is 100 cm³/mol. The predicted octanol–water partition coefficient (Wildman–Crippen LogP) is 1.96. The zero-order valence-corrected chi connectivity index (χ0v) is 16.2. The van der Waals surface area contributed by atoms with E-state index in [1.54, 1.807) is 30.2 Å². The van der Waals surface area contributed by atoms with Crippen molar-refractivity contribution in [3.63, 3.8) is 0 Å². The van der Waals surface area contributed by atoms with Crippen LogP contribution in [0.4, 0.5) is 5.69 Å². The van der Waals surface area contributed by atoms with Gasteiger partial charge in [0.25, 0.3) is 5.69 Å². The first-order chi connectivity index (χ1) is 13.3. The summed E-state index contributed by atoms with van der Waals surface area (Å²) in [6, 6.07) is 7.37. The minimum absolute atomic E-state index is 0.0556. The number of hydrogen-bond acceptors (Lipinski definition) is 6. The van der Waals surface area contributed by atoms with Gasteiger partial charge in [-0.15, -0.1) is 0 Å². The Morgan fingerprint density at radius 1 is 1.21 bits per heavy atom. The van der Waals surface area contributed by atoms with Crippen LogP contribution < -0.4 is 0 Å². The number of rotatable bonds is 6. The molecule has 1 aliphatic heterocycles. The highest BCUT2D eigenvalue weighted by molar-refractivity contribution is 7.89. The van der Waals surface area contributed by atoms with Crippen molar-refractivity contribution < 1.29 is 22.6 Å². The molecule has 1 amide bonds. The van der Waals surface area contributed by atoms with Crippen LogP contribution in [-0.4, -0.2) is 54.6 Å². The third-order valence-electron chi connectivity index (χ3n) is 4.76. The lowest BCUT2D eigenvalue weighted by atomic mass is 10.2. The van der Waals surface area contributed by atoms with Crippen molar-refractivity contribution in [1.82, 2.24) is 9.21 Å². The quantitative estimate of drug-likeness (QED) is 0.534. The summed E-state index contributed by atoms with van der Waals surface area (Å²) in [7, 11) is -3.87. The summed E-state index contributed by atoms with van der Waals surface area (Å²) in [6.07, 6.45) is 2.35. The van der Waals surface area contributed by atoms with Crippen LogP contribution in [0.3, 0.4) is 0 Å². The van der Waals surface area contributed by atoms with Crippen molar-refractivity contribution in [3.8, 4) is 0 Å². The van der Waals surface area contributed by atoms with Gasteiger partial charge in [-0.05, 0) is 24.6 Å². The van der Waals surface area contributed by atoms with Crippen molar-refractivity contribution in [2.24, 2.45) is 0 Å². The molecule has 1 saturated heterocycles. The molecule has 2 heterocycles. The molecule has 3 rings (SSSR count). The number of nitro groups is 1. The second-order valence-electron chi connectivity index (χ2n) is 6.57. The number of furan rings is 1. The van der Waals surface area contributed by atoms with Gasteiger partial charge in [0, 0.05) is 51.2 Å². The van der Waals surface area contributed by atoms with E-state index in [1.165, 1.54) is 16.4 Å². The molecule has 1 aromatic heterocycles. The molecule has 0 atom stereocenters. The molecule has 1 aromatic carbocycles. The van der Waals surface area contributed by atoms with Crippen molar-refractivity contribution in [2.45, 2.75) is 24.7 Å². The van der Waals surface area contributed by atoms with Crippen LogP contribution >= 0.6 is 0 Å². The molecule has 0 unspecified atom stereocenters. The molecule has 28 heavy (non-hydrogen) atoms. The number of non-ortho nitro benzene ring substituents is 1. The van der Waals surface area contributed by atoms with Gasteiger partial charge in [-0.2, -0.15) is 4.31 Å². The van der Waals surface area contributed by atoms with E-state index in [-0.39, 0.29) is 42.7 Å². The molecule has 10 heteroatoms. The number of piperazine rings is 1. The fraction of sp³-hybridized carbons (Fsp3) is 0.389. The fourth-order valence-corrected chi connectivity index (χ4v) is 4.81. The van der Waals surface area contributed by atoms with E-state index in [9.17, 15) is 23.3 Å². The summed E-state index contributed by atoms with van der Waals surface area (Å²) in [5.74, 6) is 0.677. The SMILES string of the molecule is Cc1ccc([N+](=O)[O-])cc1S(=O)(=O)N1CCN(C(=O)CCc2ccco2)CC1. The first-order valence-corrected chi connectivity index (χ1v) is 10.3. The molecular weight excluding hydrogens is 386 g/mol. The van der Waals surface area contributed by atoms with Crippen molar-refractivity contribution in [2.75, 3.05) is 26.2 Å². The molecule has 0 N–H and O–H groups in total. The zero-order chi connectivity index (χ0) is 20.3. The Morgan fingerprint density at radius 3 is 2.54 bits per heavy atom. The summed E-state index contributed by atoms with van der Waals surface area (Å²) in [5.41, 5.74) is 0.179. The van der Waals surface area contributed by atoms with Crippen LogP contribution in [0, 0.1) is 17.0 Å². The van der Waals surface area contributed by atoms with Crippen molar-refractivity contribution >= 4 is 21.6 Å². The van der Waals surface area contributed by atoms with Gasteiger partial charge >= 0.3 is 0 Å². The molecule has 150 valence electrons. The molecule has 2 aromatic rings. The van der Waals surface area contributed by atoms with Crippen molar-refractivity contribution in [3.05, 3.63) is 58.0 Å². The molecule has 9 nitrogen and oxygen atoms in total. The summed E-state index contributed by atoms with van der Waals surface area (Å²) in [4.78, 5) is 24.3. The van der Waals surface area contributed by atoms with E-state index < -0.39 is 14.9 Å². The summed E-state index contributed by atoms with van der Waals surface area (Å²) >= 11 is 0.